The van der Waals surface area contributed by atoms with Gasteiger partial charge in [-0.2, -0.15) is 5.10 Å². The van der Waals surface area contributed by atoms with E-state index in [1.54, 1.807) is 7.05 Å². The molecule has 2 aromatic heterocycles. The van der Waals surface area contributed by atoms with Crippen LogP contribution in [-0.4, -0.2) is 32.8 Å². The van der Waals surface area contributed by atoms with Gasteiger partial charge >= 0.3 is 0 Å². The van der Waals surface area contributed by atoms with Gasteiger partial charge in [-0.15, -0.1) is 0 Å². The molecular weight excluding hydrogens is 302 g/mol. The van der Waals surface area contributed by atoms with Crippen molar-refractivity contribution in [1.82, 2.24) is 30.4 Å². The van der Waals surface area contributed by atoms with E-state index in [0.717, 1.165) is 29.5 Å². The number of aliphatic imine (C=N–C) groups is 1. The zero-order valence-corrected chi connectivity index (χ0v) is 13.8. The normalized spacial score (nSPS) is 11.5. The molecule has 0 amide bonds. The fourth-order valence-corrected chi connectivity index (χ4v) is 2.43. The van der Waals surface area contributed by atoms with Gasteiger partial charge in [0.1, 0.15) is 6.33 Å². The molecule has 3 rings (SSSR count). The Labute approximate surface area is 140 Å². The van der Waals surface area contributed by atoms with E-state index in [1.807, 2.05) is 29.9 Å². The van der Waals surface area contributed by atoms with E-state index in [4.69, 9.17) is 0 Å². The largest absolute Gasteiger partial charge is 0.357 e. The number of nitrogens with zero attached hydrogens (tertiary/aromatic N) is 4. The predicted molar refractivity (Wildman–Crippen MR) is 94.3 cm³/mol. The minimum atomic E-state index is 0.677. The van der Waals surface area contributed by atoms with Crippen molar-refractivity contribution in [1.29, 1.82) is 0 Å². The summed E-state index contributed by atoms with van der Waals surface area (Å²) >= 11 is 0. The van der Waals surface area contributed by atoms with E-state index in [-0.39, 0.29) is 0 Å². The van der Waals surface area contributed by atoms with Gasteiger partial charge in [0, 0.05) is 45.1 Å². The summed E-state index contributed by atoms with van der Waals surface area (Å²) < 4.78 is 2.03. The Balaban J connectivity index is 1.56. The van der Waals surface area contributed by atoms with Gasteiger partial charge in [-0.05, 0) is 23.3 Å². The second-order valence-electron chi connectivity index (χ2n) is 5.50. The van der Waals surface area contributed by atoms with Crippen molar-refractivity contribution < 1.29 is 0 Å². The quantitative estimate of drug-likeness (QED) is 0.493. The van der Waals surface area contributed by atoms with Gasteiger partial charge in [0.25, 0.3) is 0 Å². The zero-order chi connectivity index (χ0) is 16.8. The first kappa shape index (κ1) is 15.8. The highest BCUT2D eigenvalue weighted by atomic mass is 15.2. The number of hydrogen-bond donors (Lipinski definition) is 3. The number of aromatic nitrogens is 4. The molecule has 0 radical (unpaired) electrons. The second kappa shape index (κ2) is 7.45. The predicted octanol–water partition coefficient (Wildman–Crippen LogP) is 1.68. The van der Waals surface area contributed by atoms with Crippen molar-refractivity contribution in [2.75, 3.05) is 7.05 Å². The van der Waals surface area contributed by atoms with Gasteiger partial charge in [-0.1, -0.05) is 18.2 Å². The fraction of sp³-hybridized carbons (Fsp3) is 0.235. The van der Waals surface area contributed by atoms with Crippen LogP contribution in [0.3, 0.4) is 0 Å². The van der Waals surface area contributed by atoms with Gasteiger partial charge in [0.15, 0.2) is 11.8 Å². The Bertz CT molecular complexity index is 802. The summed E-state index contributed by atoms with van der Waals surface area (Å²) in [6.45, 7) is 1.41. The van der Waals surface area contributed by atoms with Gasteiger partial charge in [-0.3, -0.25) is 10.1 Å². The lowest BCUT2D eigenvalue weighted by atomic mass is 10.1. The molecule has 1 aromatic carbocycles. The van der Waals surface area contributed by atoms with Crippen molar-refractivity contribution >= 4 is 5.96 Å². The molecule has 0 saturated heterocycles. The highest BCUT2D eigenvalue weighted by Crippen LogP contribution is 2.15. The molecule has 0 saturated carbocycles. The van der Waals surface area contributed by atoms with E-state index in [2.05, 4.69) is 55.2 Å². The minimum Gasteiger partial charge on any atom is -0.357 e. The van der Waals surface area contributed by atoms with Gasteiger partial charge < -0.3 is 15.2 Å². The maximum Gasteiger partial charge on any atom is 0.191 e. The molecule has 0 fully saturated rings. The second-order valence-corrected chi connectivity index (χ2v) is 5.50. The number of aromatic amines is 1. The molecule has 7 heteroatoms. The molecule has 2 heterocycles. The number of H-pyrrole nitrogens is 1. The summed E-state index contributed by atoms with van der Waals surface area (Å²) in [4.78, 5) is 8.44. The van der Waals surface area contributed by atoms with Gasteiger partial charge in [0.05, 0.1) is 0 Å². The number of guanidine groups is 1. The molecule has 0 atom stereocenters. The SMILES string of the molecule is CN=C(NCc1cccc(-c2ncn[nH]2)c1)NCc1ccn(C)c1. The van der Waals surface area contributed by atoms with E-state index >= 15 is 0 Å². The molecule has 0 aliphatic rings. The van der Waals surface area contributed by atoms with Crippen LogP contribution >= 0.6 is 0 Å². The molecule has 24 heavy (non-hydrogen) atoms. The number of rotatable bonds is 5. The van der Waals surface area contributed by atoms with Crippen molar-refractivity contribution in [2.45, 2.75) is 13.1 Å². The Morgan fingerprint density at radius 1 is 1.21 bits per heavy atom. The molecule has 3 aromatic rings. The lowest BCUT2D eigenvalue weighted by Crippen LogP contribution is -2.36. The molecule has 0 aliphatic heterocycles. The zero-order valence-electron chi connectivity index (χ0n) is 13.8. The van der Waals surface area contributed by atoms with Crippen molar-refractivity contribution in [2.24, 2.45) is 12.0 Å². The highest BCUT2D eigenvalue weighted by Gasteiger charge is 2.03. The molecule has 0 spiro atoms. The third-order valence-electron chi connectivity index (χ3n) is 3.65. The van der Waals surface area contributed by atoms with Crippen LogP contribution in [-0.2, 0) is 20.1 Å². The first-order valence-electron chi connectivity index (χ1n) is 7.74. The maximum absolute atomic E-state index is 4.26. The van der Waals surface area contributed by atoms with Crippen LogP contribution in [0.15, 0.2) is 54.0 Å². The number of nitrogens with one attached hydrogen (secondary N) is 3. The average Bonchev–Trinajstić information content (AvgIpc) is 3.27. The third-order valence-corrected chi connectivity index (χ3v) is 3.65. The average molecular weight is 323 g/mol. The van der Waals surface area contributed by atoms with Crippen molar-refractivity contribution in [3.63, 3.8) is 0 Å². The summed E-state index contributed by atoms with van der Waals surface area (Å²) in [5.74, 6) is 1.53. The lowest BCUT2D eigenvalue weighted by molar-refractivity contribution is 0.806. The van der Waals surface area contributed by atoms with E-state index < -0.39 is 0 Å². The first-order valence-corrected chi connectivity index (χ1v) is 7.74. The minimum absolute atomic E-state index is 0.677. The summed E-state index contributed by atoms with van der Waals surface area (Å²) in [6.07, 6.45) is 5.62. The maximum atomic E-state index is 4.26. The van der Waals surface area contributed by atoms with Crippen molar-refractivity contribution in [3.8, 4) is 11.4 Å². The van der Waals surface area contributed by atoms with Crippen LogP contribution in [0.25, 0.3) is 11.4 Å². The standard InChI is InChI=1S/C17H21N7/c1-18-17(20-10-14-6-7-24(2)11-14)19-9-13-4-3-5-15(8-13)16-21-12-22-23-16/h3-8,11-12H,9-10H2,1-2H3,(H2,18,19,20)(H,21,22,23). The smallest absolute Gasteiger partial charge is 0.191 e. The van der Waals surface area contributed by atoms with Gasteiger partial charge in [0.2, 0.25) is 0 Å². The van der Waals surface area contributed by atoms with Crippen LogP contribution in [0.4, 0.5) is 0 Å². The molecule has 0 bridgehead atoms. The Kier molecular flexibility index (Phi) is 4.90. The molecular formula is C17H21N7. The number of benzene rings is 1. The summed E-state index contributed by atoms with van der Waals surface area (Å²) in [7, 11) is 3.78. The topological polar surface area (TPSA) is 82.9 Å². The Hall–Kier alpha value is -3.09. The molecule has 124 valence electrons. The first-order chi connectivity index (χ1) is 11.7. The summed E-state index contributed by atoms with van der Waals surface area (Å²) in [5.41, 5.74) is 3.37. The van der Waals surface area contributed by atoms with Crippen LogP contribution in [0.2, 0.25) is 0 Å². The Morgan fingerprint density at radius 2 is 2.04 bits per heavy atom. The summed E-state index contributed by atoms with van der Waals surface area (Å²) in [5, 5.41) is 13.4. The Morgan fingerprint density at radius 3 is 2.71 bits per heavy atom. The number of hydrogen-bond acceptors (Lipinski definition) is 3. The highest BCUT2D eigenvalue weighted by molar-refractivity contribution is 5.79. The molecule has 0 unspecified atom stereocenters. The van der Waals surface area contributed by atoms with E-state index in [9.17, 15) is 0 Å². The van der Waals surface area contributed by atoms with Crippen LogP contribution in [0, 0.1) is 0 Å². The molecule has 7 nitrogen and oxygen atoms in total. The van der Waals surface area contributed by atoms with Crippen molar-refractivity contribution in [3.05, 3.63) is 60.2 Å². The monoisotopic (exact) mass is 323 g/mol. The van der Waals surface area contributed by atoms with Crippen LogP contribution < -0.4 is 10.6 Å². The lowest BCUT2D eigenvalue weighted by Gasteiger charge is -2.12. The van der Waals surface area contributed by atoms with Crippen LogP contribution in [0.1, 0.15) is 11.1 Å². The summed E-state index contributed by atoms with van der Waals surface area (Å²) in [6, 6.07) is 10.2. The fourth-order valence-electron chi connectivity index (χ4n) is 2.43. The van der Waals surface area contributed by atoms with Crippen LogP contribution in [0.5, 0.6) is 0 Å². The molecule has 3 N–H and O–H groups in total. The third kappa shape index (κ3) is 4.01. The van der Waals surface area contributed by atoms with Gasteiger partial charge in [-0.25, -0.2) is 4.98 Å². The van der Waals surface area contributed by atoms with E-state index in [0.29, 0.717) is 6.54 Å². The van der Waals surface area contributed by atoms with E-state index in [1.165, 1.54) is 11.9 Å². The molecule has 0 aliphatic carbocycles. The number of aryl methyl sites for hydroxylation is 1.